The van der Waals surface area contributed by atoms with Gasteiger partial charge >= 0.3 is 0 Å². The zero-order valence-electron chi connectivity index (χ0n) is 13.7. The molecule has 1 N–H and O–H groups in total. The molecule has 1 aliphatic heterocycles. The quantitative estimate of drug-likeness (QED) is 0.918. The number of amides is 1. The topological polar surface area (TPSA) is 71.5 Å². The van der Waals surface area contributed by atoms with E-state index in [9.17, 15) is 4.79 Å². The molecule has 1 aliphatic rings. The van der Waals surface area contributed by atoms with Crippen molar-refractivity contribution in [3.63, 3.8) is 0 Å². The summed E-state index contributed by atoms with van der Waals surface area (Å²) in [5, 5.41) is 6.85. The first-order valence-electron chi connectivity index (χ1n) is 8.15. The summed E-state index contributed by atoms with van der Waals surface area (Å²) in [6, 6.07) is 3.93. The summed E-state index contributed by atoms with van der Waals surface area (Å²) in [4.78, 5) is 14.8. The lowest BCUT2D eigenvalue weighted by atomic mass is 10.1. The summed E-state index contributed by atoms with van der Waals surface area (Å²) in [6.07, 6.45) is 5.33. The number of carbonyl (C=O) groups is 1. The molecule has 1 fully saturated rings. The first-order valence-corrected chi connectivity index (χ1v) is 8.15. The van der Waals surface area contributed by atoms with E-state index in [4.69, 9.17) is 8.94 Å². The molecule has 1 saturated heterocycles. The Kier molecular flexibility index (Phi) is 4.81. The molecule has 0 unspecified atom stereocenters. The summed E-state index contributed by atoms with van der Waals surface area (Å²) < 4.78 is 10.7. The molecule has 0 saturated carbocycles. The third-order valence-electron chi connectivity index (χ3n) is 4.42. The van der Waals surface area contributed by atoms with Crippen molar-refractivity contribution in [1.29, 1.82) is 0 Å². The van der Waals surface area contributed by atoms with E-state index in [0.717, 1.165) is 18.8 Å². The summed E-state index contributed by atoms with van der Waals surface area (Å²) in [6.45, 7) is 6.11. The fourth-order valence-electron chi connectivity index (χ4n) is 3.21. The van der Waals surface area contributed by atoms with Crippen molar-refractivity contribution >= 4 is 5.91 Å². The Labute approximate surface area is 135 Å². The van der Waals surface area contributed by atoms with Crippen LogP contribution in [-0.4, -0.2) is 35.6 Å². The molecule has 2 aromatic heterocycles. The first-order chi connectivity index (χ1) is 11.2. The molecule has 2 aromatic rings. The minimum absolute atomic E-state index is 0.0646. The third-order valence-corrected chi connectivity index (χ3v) is 4.42. The molecule has 0 spiro atoms. The second-order valence-electron chi connectivity index (χ2n) is 6.04. The van der Waals surface area contributed by atoms with Gasteiger partial charge in [-0.3, -0.25) is 9.69 Å². The highest BCUT2D eigenvalue weighted by molar-refractivity contribution is 5.96. The van der Waals surface area contributed by atoms with Crippen LogP contribution in [0.5, 0.6) is 0 Å². The summed E-state index contributed by atoms with van der Waals surface area (Å²) in [5.74, 6) is 1.30. The van der Waals surface area contributed by atoms with Crippen LogP contribution >= 0.6 is 0 Å². The van der Waals surface area contributed by atoms with Gasteiger partial charge in [-0.1, -0.05) is 11.6 Å². The summed E-state index contributed by atoms with van der Waals surface area (Å²) in [7, 11) is 0. The largest absolute Gasteiger partial charge is 0.468 e. The molecule has 3 rings (SSSR count). The van der Waals surface area contributed by atoms with Crippen LogP contribution < -0.4 is 5.32 Å². The van der Waals surface area contributed by atoms with E-state index in [1.54, 1.807) is 20.1 Å². The van der Waals surface area contributed by atoms with Crippen molar-refractivity contribution < 1.29 is 13.7 Å². The number of rotatable bonds is 5. The predicted molar refractivity (Wildman–Crippen MR) is 85.2 cm³/mol. The molecule has 0 bridgehead atoms. The lowest BCUT2D eigenvalue weighted by Crippen LogP contribution is -2.40. The van der Waals surface area contributed by atoms with Gasteiger partial charge in [0.2, 0.25) is 0 Å². The Balaban J connectivity index is 1.70. The highest BCUT2D eigenvalue weighted by atomic mass is 16.5. The Morgan fingerprint density at radius 2 is 2.13 bits per heavy atom. The fourth-order valence-corrected chi connectivity index (χ4v) is 3.21. The van der Waals surface area contributed by atoms with E-state index in [1.807, 2.05) is 12.1 Å². The molecule has 0 radical (unpaired) electrons. The van der Waals surface area contributed by atoms with E-state index in [1.165, 1.54) is 19.3 Å². The molecule has 3 heterocycles. The van der Waals surface area contributed by atoms with Gasteiger partial charge in [0.1, 0.15) is 17.1 Å². The number of carbonyl (C=O) groups excluding carboxylic acids is 1. The van der Waals surface area contributed by atoms with Crippen LogP contribution in [0.25, 0.3) is 0 Å². The molecule has 124 valence electrons. The number of likely N-dealkylation sites (tertiary alicyclic amines) is 1. The normalized spacial score (nSPS) is 17.1. The van der Waals surface area contributed by atoms with E-state index >= 15 is 0 Å². The molecule has 0 aliphatic carbocycles. The zero-order chi connectivity index (χ0) is 16.2. The van der Waals surface area contributed by atoms with Crippen LogP contribution in [-0.2, 0) is 0 Å². The average molecular weight is 317 g/mol. The van der Waals surface area contributed by atoms with Gasteiger partial charge in [-0.2, -0.15) is 0 Å². The second-order valence-corrected chi connectivity index (χ2v) is 6.04. The highest BCUT2D eigenvalue weighted by Gasteiger charge is 2.26. The van der Waals surface area contributed by atoms with Gasteiger partial charge in [0.25, 0.3) is 5.91 Å². The lowest BCUT2D eigenvalue weighted by Gasteiger charge is -2.33. The molecule has 6 nitrogen and oxygen atoms in total. The fraction of sp³-hybridized carbons (Fsp3) is 0.529. The third kappa shape index (κ3) is 3.47. The van der Waals surface area contributed by atoms with Gasteiger partial charge in [-0.25, -0.2) is 0 Å². The molecule has 1 atom stereocenters. The van der Waals surface area contributed by atoms with Gasteiger partial charge < -0.3 is 14.3 Å². The van der Waals surface area contributed by atoms with Crippen LogP contribution in [0.3, 0.4) is 0 Å². The maximum absolute atomic E-state index is 12.4. The Morgan fingerprint density at radius 3 is 2.74 bits per heavy atom. The van der Waals surface area contributed by atoms with Crippen LogP contribution in [0.2, 0.25) is 0 Å². The lowest BCUT2D eigenvalue weighted by molar-refractivity contribution is 0.0912. The van der Waals surface area contributed by atoms with Crippen molar-refractivity contribution in [1.82, 2.24) is 15.4 Å². The Morgan fingerprint density at radius 1 is 1.35 bits per heavy atom. The van der Waals surface area contributed by atoms with Crippen LogP contribution in [0.15, 0.2) is 27.3 Å². The minimum Gasteiger partial charge on any atom is -0.468 e. The van der Waals surface area contributed by atoms with Gasteiger partial charge in [-0.15, -0.1) is 0 Å². The van der Waals surface area contributed by atoms with Crippen molar-refractivity contribution in [3.05, 3.63) is 41.2 Å². The molecule has 6 heteroatoms. The first kappa shape index (κ1) is 15.8. The maximum Gasteiger partial charge on any atom is 0.256 e. The number of nitrogens with one attached hydrogen (secondary N) is 1. The average Bonchev–Trinajstić information content (AvgIpc) is 3.19. The molecule has 23 heavy (non-hydrogen) atoms. The van der Waals surface area contributed by atoms with Crippen molar-refractivity contribution in [2.45, 2.75) is 39.2 Å². The zero-order valence-corrected chi connectivity index (χ0v) is 13.7. The molecule has 0 aromatic carbocycles. The van der Waals surface area contributed by atoms with Gasteiger partial charge in [0.15, 0.2) is 0 Å². The van der Waals surface area contributed by atoms with Crippen molar-refractivity contribution in [2.24, 2.45) is 0 Å². The molecular weight excluding hydrogens is 294 g/mol. The monoisotopic (exact) mass is 317 g/mol. The minimum atomic E-state index is -0.144. The summed E-state index contributed by atoms with van der Waals surface area (Å²) >= 11 is 0. The smallest absolute Gasteiger partial charge is 0.256 e. The molecule has 1 amide bonds. The second kappa shape index (κ2) is 7.00. The standard InChI is InChI=1S/C17H23N3O3/c1-12-16(13(2)23-19-12)17(21)18-11-14(15-7-6-10-22-15)20-8-4-3-5-9-20/h6-7,10,14H,3-5,8-9,11H2,1-2H3,(H,18,21)/t14-/m0/s1. The van der Waals surface area contributed by atoms with Crippen molar-refractivity contribution in [2.75, 3.05) is 19.6 Å². The van der Waals surface area contributed by atoms with Crippen LogP contribution in [0.1, 0.15) is 52.9 Å². The van der Waals surface area contributed by atoms with Crippen LogP contribution in [0, 0.1) is 13.8 Å². The predicted octanol–water partition coefficient (Wildman–Crippen LogP) is 2.84. The van der Waals surface area contributed by atoms with E-state index in [2.05, 4.69) is 15.4 Å². The number of nitrogens with zero attached hydrogens (tertiary/aromatic N) is 2. The van der Waals surface area contributed by atoms with Gasteiger partial charge in [-0.05, 0) is 51.9 Å². The summed E-state index contributed by atoms with van der Waals surface area (Å²) in [5.41, 5.74) is 1.15. The number of aromatic nitrogens is 1. The maximum atomic E-state index is 12.4. The van der Waals surface area contributed by atoms with Gasteiger partial charge in [0.05, 0.1) is 18.0 Å². The number of hydrogen-bond acceptors (Lipinski definition) is 5. The van der Waals surface area contributed by atoms with E-state index in [0.29, 0.717) is 23.6 Å². The van der Waals surface area contributed by atoms with Crippen molar-refractivity contribution in [3.8, 4) is 0 Å². The number of piperidine rings is 1. The van der Waals surface area contributed by atoms with E-state index < -0.39 is 0 Å². The SMILES string of the molecule is Cc1noc(C)c1C(=O)NC[C@@H](c1ccco1)N1CCCCC1. The number of furan rings is 1. The van der Waals surface area contributed by atoms with Crippen LogP contribution in [0.4, 0.5) is 0 Å². The number of hydrogen-bond donors (Lipinski definition) is 1. The molecular formula is C17H23N3O3. The highest BCUT2D eigenvalue weighted by Crippen LogP contribution is 2.24. The van der Waals surface area contributed by atoms with Gasteiger partial charge in [0, 0.05) is 6.54 Å². The number of aryl methyl sites for hydroxylation is 2. The van der Waals surface area contributed by atoms with E-state index in [-0.39, 0.29) is 11.9 Å². The Bertz CT molecular complexity index is 623. The Hall–Kier alpha value is -2.08.